The second-order valence-electron chi connectivity index (χ2n) is 5.78. The molecule has 0 unspecified atom stereocenters. The van der Waals surface area contributed by atoms with E-state index in [9.17, 15) is 9.59 Å². The highest BCUT2D eigenvalue weighted by atomic mass is 16.4. The lowest BCUT2D eigenvalue weighted by atomic mass is 9.66. The number of carboxylic acids is 1. The van der Waals surface area contributed by atoms with Crippen molar-refractivity contribution in [2.75, 3.05) is 13.1 Å². The minimum Gasteiger partial charge on any atom is -0.481 e. The zero-order chi connectivity index (χ0) is 15.2. The average molecular weight is 281 g/mol. The molecule has 2 amide bonds. The fraction of sp³-hybridized carbons (Fsp3) is 0.786. The molecule has 0 heterocycles. The van der Waals surface area contributed by atoms with Gasteiger partial charge < -0.3 is 15.3 Å². The summed E-state index contributed by atoms with van der Waals surface area (Å²) in [5.74, 6) is -0.816. The number of aliphatic carboxylic acids is 1. The first-order valence-electron chi connectivity index (χ1n) is 7.03. The van der Waals surface area contributed by atoms with E-state index >= 15 is 0 Å². The van der Waals surface area contributed by atoms with Gasteiger partial charge in [0.25, 0.3) is 0 Å². The number of carbonyl (C=O) groups is 2. The highest BCUT2D eigenvalue weighted by molar-refractivity contribution is 5.75. The van der Waals surface area contributed by atoms with E-state index in [4.69, 9.17) is 10.4 Å². The fourth-order valence-electron chi connectivity index (χ4n) is 2.54. The van der Waals surface area contributed by atoms with Gasteiger partial charge >= 0.3 is 12.0 Å². The molecule has 0 aromatic heterocycles. The number of nitrogens with one attached hydrogen (secondary N) is 1. The molecule has 0 aliphatic heterocycles. The van der Waals surface area contributed by atoms with Gasteiger partial charge in [-0.05, 0) is 32.1 Å². The summed E-state index contributed by atoms with van der Waals surface area (Å²) in [5, 5.41) is 20.4. The Morgan fingerprint density at radius 1 is 1.45 bits per heavy atom. The van der Waals surface area contributed by atoms with Crippen molar-refractivity contribution in [3.8, 4) is 6.07 Å². The maximum atomic E-state index is 12.1. The van der Waals surface area contributed by atoms with Crippen molar-refractivity contribution in [1.82, 2.24) is 10.2 Å². The lowest BCUT2D eigenvalue weighted by Gasteiger charge is -2.41. The van der Waals surface area contributed by atoms with Gasteiger partial charge in [-0.3, -0.25) is 4.79 Å². The first-order chi connectivity index (χ1) is 9.40. The number of carbonyl (C=O) groups excluding carboxylic acids is 1. The van der Waals surface area contributed by atoms with E-state index in [1.165, 1.54) is 0 Å². The summed E-state index contributed by atoms with van der Waals surface area (Å²) in [4.78, 5) is 24.6. The summed E-state index contributed by atoms with van der Waals surface area (Å²) in [6, 6.07) is 1.83. The fourth-order valence-corrected chi connectivity index (χ4v) is 2.54. The first kappa shape index (κ1) is 16.3. The van der Waals surface area contributed by atoms with Crippen LogP contribution in [0.2, 0.25) is 0 Å². The summed E-state index contributed by atoms with van der Waals surface area (Å²) in [5.41, 5.74) is -0.278. The van der Waals surface area contributed by atoms with Gasteiger partial charge in [0.2, 0.25) is 0 Å². The van der Waals surface area contributed by atoms with E-state index in [1.54, 1.807) is 4.90 Å². The second kappa shape index (κ2) is 7.13. The third kappa shape index (κ3) is 4.41. The van der Waals surface area contributed by atoms with Crippen LogP contribution in [0.5, 0.6) is 0 Å². The van der Waals surface area contributed by atoms with Crippen molar-refractivity contribution in [2.45, 2.75) is 52.0 Å². The predicted octanol–water partition coefficient (Wildman–Crippen LogP) is 1.97. The molecule has 1 saturated carbocycles. The average Bonchev–Trinajstić information content (AvgIpc) is 2.32. The summed E-state index contributed by atoms with van der Waals surface area (Å²) in [6.07, 6.45) is 3.11. The largest absolute Gasteiger partial charge is 0.481 e. The summed E-state index contributed by atoms with van der Waals surface area (Å²) in [7, 11) is 0. The van der Waals surface area contributed by atoms with Gasteiger partial charge in [-0.1, -0.05) is 6.42 Å². The summed E-state index contributed by atoms with van der Waals surface area (Å²) < 4.78 is 0. The molecule has 112 valence electrons. The molecule has 1 rings (SSSR count). The van der Waals surface area contributed by atoms with Crippen molar-refractivity contribution in [3.63, 3.8) is 0 Å². The number of rotatable bonds is 7. The molecular weight excluding hydrogens is 258 g/mol. The SMILES string of the molecule is CC(C)N(CCC#N)C(=O)NCC1(CC(=O)O)CCC1. The molecule has 0 aromatic carbocycles. The third-order valence-corrected chi connectivity index (χ3v) is 3.90. The molecule has 6 heteroatoms. The lowest BCUT2D eigenvalue weighted by molar-refractivity contribution is -0.141. The molecule has 2 N–H and O–H groups in total. The molecule has 6 nitrogen and oxygen atoms in total. The van der Waals surface area contributed by atoms with E-state index in [2.05, 4.69) is 5.32 Å². The van der Waals surface area contributed by atoms with Gasteiger partial charge in [0, 0.05) is 19.1 Å². The van der Waals surface area contributed by atoms with Crippen LogP contribution in [-0.4, -0.2) is 41.1 Å². The van der Waals surface area contributed by atoms with Crippen LogP contribution in [0.3, 0.4) is 0 Å². The molecule has 0 aromatic rings. The van der Waals surface area contributed by atoms with Crippen molar-refractivity contribution >= 4 is 12.0 Å². The van der Waals surface area contributed by atoms with E-state index in [1.807, 2.05) is 19.9 Å². The van der Waals surface area contributed by atoms with Gasteiger partial charge in [0.15, 0.2) is 0 Å². The van der Waals surface area contributed by atoms with Gasteiger partial charge in [-0.15, -0.1) is 0 Å². The Hall–Kier alpha value is -1.77. The van der Waals surface area contributed by atoms with E-state index < -0.39 is 5.97 Å². The van der Waals surface area contributed by atoms with Crippen LogP contribution in [-0.2, 0) is 4.79 Å². The van der Waals surface area contributed by atoms with Crippen LogP contribution in [0.25, 0.3) is 0 Å². The molecule has 1 aliphatic rings. The number of amides is 2. The normalized spacial score (nSPS) is 16.1. The van der Waals surface area contributed by atoms with Gasteiger partial charge in [0.05, 0.1) is 18.9 Å². The van der Waals surface area contributed by atoms with Crippen LogP contribution in [0.15, 0.2) is 0 Å². The highest BCUT2D eigenvalue weighted by Crippen LogP contribution is 2.43. The standard InChI is InChI=1S/C14H23N3O3/c1-11(2)17(8-4-7-15)13(20)16-10-14(5-3-6-14)9-12(18)19/h11H,3-6,8-10H2,1-2H3,(H,16,20)(H,18,19). The Morgan fingerprint density at radius 3 is 2.50 bits per heavy atom. The minimum absolute atomic E-state index is 0.0140. The van der Waals surface area contributed by atoms with Crippen LogP contribution >= 0.6 is 0 Å². The molecule has 0 atom stereocenters. The number of nitriles is 1. The zero-order valence-corrected chi connectivity index (χ0v) is 12.2. The molecular formula is C14H23N3O3. The minimum atomic E-state index is -0.816. The van der Waals surface area contributed by atoms with Gasteiger partial charge in [-0.2, -0.15) is 5.26 Å². The Labute approximate surface area is 119 Å². The molecule has 0 bridgehead atoms. The molecule has 20 heavy (non-hydrogen) atoms. The van der Waals surface area contributed by atoms with Crippen molar-refractivity contribution in [3.05, 3.63) is 0 Å². The van der Waals surface area contributed by atoms with Gasteiger partial charge in [0.1, 0.15) is 0 Å². The molecule has 0 radical (unpaired) electrons. The molecule has 0 spiro atoms. The van der Waals surface area contributed by atoms with Crippen molar-refractivity contribution < 1.29 is 14.7 Å². The number of hydrogen-bond acceptors (Lipinski definition) is 3. The maximum Gasteiger partial charge on any atom is 0.317 e. The van der Waals surface area contributed by atoms with Crippen LogP contribution < -0.4 is 5.32 Å². The summed E-state index contributed by atoms with van der Waals surface area (Å²) >= 11 is 0. The van der Waals surface area contributed by atoms with E-state index in [0.29, 0.717) is 19.5 Å². The number of urea groups is 1. The number of nitrogens with zero attached hydrogens (tertiary/aromatic N) is 2. The van der Waals surface area contributed by atoms with Gasteiger partial charge in [-0.25, -0.2) is 4.79 Å². The Bertz CT molecular complexity index is 397. The van der Waals surface area contributed by atoms with Crippen LogP contribution in [0.1, 0.15) is 46.0 Å². The monoisotopic (exact) mass is 281 g/mol. The van der Waals surface area contributed by atoms with Crippen molar-refractivity contribution in [1.29, 1.82) is 5.26 Å². The van der Waals surface area contributed by atoms with Crippen LogP contribution in [0, 0.1) is 16.7 Å². The lowest BCUT2D eigenvalue weighted by Crippen LogP contribution is -2.50. The van der Waals surface area contributed by atoms with Crippen LogP contribution in [0.4, 0.5) is 4.79 Å². The first-order valence-corrected chi connectivity index (χ1v) is 7.03. The summed E-state index contributed by atoms with van der Waals surface area (Å²) in [6.45, 7) is 4.58. The topological polar surface area (TPSA) is 93.4 Å². The number of hydrogen-bond donors (Lipinski definition) is 2. The van der Waals surface area contributed by atoms with E-state index in [-0.39, 0.29) is 23.9 Å². The smallest absolute Gasteiger partial charge is 0.317 e. The van der Waals surface area contributed by atoms with E-state index in [0.717, 1.165) is 19.3 Å². The Morgan fingerprint density at radius 2 is 2.10 bits per heavy atom. The quantitative estimate of drug-likeness (QED) is 0.746. The third-order valence-electron chi connectivity index (χ3n) is 3.90. The number of carboxylic acid groups (broad SMARTS) is 1. The molecule has 1 aliphatic carbocycles. The Balaban J connectivity index is 2.51. The second-order valence-corrected chi connectivity index (χ2v) is 5.78. The highest BCUT2D eigenvalue weighted by Gasteiger charge is 2.39. The predicted molar refractivity (Wildman–Crippen MR) is 74.0 cm³/mol. The molecule has 1 fully saturated rings. The van der Waals surface area contributed by atoms with Crippen molar-refractivity contribution in [2.24, 2.45) is 5.41 Å². The molecule has 0 saturated heterocycles. The maximum absolute atomic E-state index is 12.1. The Kier molecular flexibility index (Phi) is 5.81. The zero-order valence-electron chi connectivity index (χ0n) is 12.2.